The van der Waals surface area contributed by atoms with Gasteiger partial charge in [-0.15, -0.1) is 11.3 Å². The molecule has 1 aliphatic heterocycles. The highest BCUT2D eigenvalue weighted by molar-refractivity contribution is 7.91. The van der Waals surface area contributed by atoms with Crippen LogP contribution in [0.15, 0.2) is 22.5 Å². The summed E-state index contributed by atoms with van der Waals surface area (Å²) in [6, 6.07) is 3.02. The Bertz CT molecular complexity index is 1040. The van der Waals surface area contributed by atoms with Crippen LogP contribution in [-0.2, 0) is 30.8 Å². The first-order valence-corrected chi connectivity index (χ1v) is 12.0. The van der Waals surface area contributed by atoms with Crippen molar-refractivity contribution in [2.24, 2.45) is 0 Å². The molecule has 0 atom stereocenters. The average Bonchev–Trinajstić information content (AvgIpc) is 3.37. The molecule has 2 aromatic heterocycles. The fraction of sp³-hybridized carbons (Fsp3) is 0.438. The lowest BCUT2D eigenvalue weighted by Gasteiger charge is -2.25. The van der Waals surface area contributed by atoms with E-state index >= 15 is 0 Å². The van der Waals surface area contributed by atoms with Crippen LogP contribution in [0.4, 0.5) is 10.1 Å². The van der Waals surface area contributed by atoms with Crippen LogP contribution in [0.25, 0.3) is 0 Å². The van der Waals surface area contributed by atoms with Gasteiger partial charge in [-0.05, 0) is 36.3 Å². The maximum atomic E-state index is 12.6. The van der Waals surface area contributed by atoms with E-state index in [0.717, 1.165) is 36.8 Å². The normalized spacial score (nSPS) is 14.9. The summed E-state index contributed by atoms with van der Waals surface area (Å²) in [5, 5.41) is 12.7. The number of amides is 1. The molecule has 2 aromatic rings. The van der Waals surface area contributed by atoms with Crippen LogP contribution in [0.5, 0.6) is 0 Å². The van der Waals surface area contributed by atoms with Crippen molar-refractivity contribution < 1.29 is 27.7 Å². The third kappa shape index (κ3) is 5.59. The molecule has 3 heterocycles. The van der Waals surface area contributed by atoms with Crippen molar-refractivity contribution in [2.75, 3.05) is 25.0 Å². The molecule has 11 nitrogen and oxygen atoms in total. The number of carbonyl (C=O) groups excluding carboxylic acids is 2. The van der Waals surface area contributed by atoms with Gasteiger partial charge in [0.1, 0.15) is 10.4 Å². The summed E-state index contributed by atoms with van der Waals surface area (Å²) >= 11 is 1.68. The second-order valence-corrected chi connectivity index (χ2v) is 10.7. The van der Waals surface area contributed by atoms with E-state index < -0.39 is 33.4 Å². The summed E-state index contributed by atoms with van der Waals surface area (Å²) in [5.41, 5.74) is 0. The second kappa shape index (κ2) is 9.59. The van der Waals surface area contributed by atoms with Crippen molar-refractivity contribution in [3.8, 4) is 0 Å². The van der Waals surface area contributed by atoms with Crippen molar-refractivity contribution in [2.45, 2.75) is 29.9 Å². The fourth-order valence-electron chi connectivity index (χ4n) is 2.73. The summed E-state index contributed by atoms with van der Waals surface area (Å²) in [7, 11) is -3.56. The van der Waals surface area contributed by atoms with E-state index in [1.807, 2.05) is 0 Å². The Morgan fingerprint density at radius 3 is 2.63 bits per heavy atom. The first-order chi connectivity index (χ1) is 14.3. The van der Waals surface area contributed by atoms with Gasteiger partial charge in [0.25, 0.3) is 15.9 Å². The molecule has 0 saturated carbocycles. The topological polar surface area (TPSA) is 149 Å². The number of nitrogens with one attached hydrogen (secondary N) is 1. The van der Waals surface area contributed by atoms with Gasteiger partial charge in [0.2, 0.25) is 0 Å². The first-order valence-electron chi connectivity index (χ1n) is 8.90. The lowest BCUT2D eigenvalue weighted by Crippen LogP contribution is -2.35. The zero-order valence-electron chi connectivity index (χ0n) is 15.6. The van der Waals surface area contributed by atoms with E-state index in [9.17, 15) is 28.1 Å². The molecule has 0 spiro atoms. The van der Waals surface area contributed by atoms with Crippen molar-refractivity contribution in [1.82, 2.24) is 9.29 Å². The number of nitrogens with zero attached hydrogens (tertiary/aromatic N) is 3. The molecule has 0 aliphatic carbocycles. The number of nitro groups is 1. The monoisotopic (exact) mass is 474 g/mol. The number of esters is 1. The number of piperidine rings is 1. The molecule has 1 N–H and O–H groups in total. The lowest BCUT2D eigenvalue weighted by atomic mass is 10.2. The zero-order chi connectivity index (χ0) is 21.7. The molecular formula is C16H18N4O7S3. The summed E-state index contributed by atoms with van der Waals surface area (Å²) in [6.45, 7) is 0.403. The van der Waals surface area contributed by atoms with Crippen LogP contribution in [0.3, 0.4) is 0 Å². The number of aromatic nitrogens is 1. The third-order valence-corrected chi connectivity index (χ3v) is 8.46. The van der Waals surface area contributed by atoms with Crippen LogP contribution in [0.1, 0.15) is 24.1 Å². The maximum absolute atomic E-state index is 12.6. The molecule has 0 bridgehead atoms. The summed E-state index contributed by atoms with van der Waals surface area (Å²) in [6.07, 6.45) is 3.52. The Hall–Kier alpha value is -2.42. The lowest BCUT2D eigenvalue weighted by molar-refractivity contribution is -0.380. The SMILES string of the molecule is O=C(COC(=O)Cc1ccc(S(=O)(=O)N2CCCCC2)s1)Nc1ncc([N+](=O)[O-])s1. The summed E-state index contributed by atoms with van der Waals surface area (Å²) in [4.78, 5) is 37.9. The third-order valence-electron chi connectivity index (χ3n) is 4.15. The van der Waals surface area contributed by atoms with Gasteiger partial charge in [-0.2, -0.15) is 4.31 Å². The number of rotatable bonds is 8. The van der Waals surface area contributed by atoms with Gasteiger partial charge in [-0.25, -0.2) is 13.4 Å². The second-order valence-electron chi connectivity index (χ2n) is 6.33. The van der Waals surface area contributed by atoms with E-state index in [1.54, 1.807) is 6.07 Å². The van der Waals surface area contributed by atoms with Gasteiger partial charge in [0, 0.05) is 18.0 Å². The molecule has 3 rings (SSSR count). The number of anilines is 1. The fourth-order valence-corrected chi connectivity index (χ4v) is 6.39. The Labute approximate surface area is 179 Å². The number of carbonyl (C=O) groups is 2. The molecule has 14 heteroatoms. The largest absolute Gasteiger partial charge is 0.455 e. The summed E-state index contributed by atoms with van der Waals surface area (Å²) < 4.78 is 31.8. The van der Waals surface area contributed by atoms with Crippen LogP contribution < -0.4 is 5.32 Å². The molecule has 0 unspecified atom stereocenters. The number of thiophene rings is 1. The van der Waals surface area contributed by atoms with Crippen molar-refractivity contribution in [1.29, 1.82) is 0 Å². The smallest absolute Gasteiger partial charge is 0.345 e. The van der Waals surface area contributed by atoms with Gasteiger partial charge >= 0.3 is 11.0 Å². The highest BCUT2D eigenvalue weighted by atomic mass is 32.2. The minimum atomic E-state index is -3.56. The van der Waals surface area contributed by atoms with E-state index in [-0.39, 0.29) is 20.8 Å². The molecule has 1 saturated heterocycles. The number of hydrogen-bond donors (Lipinski definition) is 1. The first kappa shape index (κ1) is 22.3. The van der Waals surface area contributed by atoms with Crippen molar-refractivity contribution in [3.63, 3.8) is 0 Å². The predicted octanol–water partition coefficient (Wildman–Crippen LogP) is 2.01. The highest BCUT2D eigenvalue weighted by Gasteiger charge is 2.27. The molecule has 1 aliphatic rings. The standard InChI is InChI=1S/C16H18N4O7S3/c21-12(18-16-17-9-13(29-16)20(23)24)10-27-14(22)8-11-4-5-15(28-11)30(25,26)19-6-2-1-3-7-19/h4-5,9H,1-3,6-8,10H2,(H,17,18,21). The predicted molar refractivity (Wildman–Crippen MR) is 109 cm³/mol. The molecule has 162 valence electrons. The van der Waals surface area contributed by atoms with Gasteiger partial charge in [-0.1, -0.05) is 6.42 Å². The van der Waals surface area contributed by atoms with Crippen LogP contribution in [0.2, 0.25) is 0 Å². The number of sulfonamides is 1. The Balaban J connectivity index is 1.49. The van der Waals surface area contributed by atoms with Crippen LogP contribution >= 0.6 is 22.7 Å². The van der Waals surface area contributed by atoms with E-state index in [2.05, 4.69) is 10.3 Å². The molecular weight excluding hydrogens is 456 g/mol. The highest BCUT2D eigenvalue weighted by Crippen LogP contribution is 2.27. The quantitative estimate of drug-likeness (QED) is 0.347. The zero-order valence-corrected chi connectivity index (χ0v) is 18.1. The van der Waals surface area contributed by atoms with Gasteiger partial charge in [-0.3, -0.25) is 25.0 Å². The Kier molecular flexibility index (Phi) is 7.12. The number of ether oxygens (including phenoxy) is 1. The average molecular weight is 475 g/mol. The molecule has 0 radical (unpaired) electrons. The van der Waals surface area contributed by atoms with Crippen LogP contribution in [0, 0.1) is 10.1 Å². The van der Waals surface area contributed by atoms with E-state index in [1.165, 1.54) is 10.4 Å². The molecule has 1 amide bonds. The van der Waals surface area contributed by atoms with Gasteiger partial charge in [0.05, 0.1) is 11.3 Å². The molecule has 30 heavy (non-hydrogen) atoms. The van der Waals surface area contributed by atoms with Crippen molar-refractivity contribution >= 4 is 54.7 Å². The summed E-state index contributed by atoms with van der Waals surface area (Å²) in [5.74, 6) is -1.38. The van der Waals surface area contributed by atoms with Crippen LogP contribution in [-0.4, -0.2) is 54.2 Å². The molecule has 1 fully saturated rings. The van der Waals surface area contributed by atoms with Crippen molar-refractivity contribution in [3.05, 3.63) is 33.3 Å². The minimum absolute atomic E-state index is 0.0218. The van der Waals surface area contributed by atoms with E-state index in [4.69, 9.17) is 4.74 Å². The maximum Gasteiger partial charge on any atom is 0.345 e. The number of hydrogen-bond acceptors (Lipinski definition) is 10. The molecule has 0 aromatic carbocycles. The van der Waals surface area contributed by atoms with Gasteiger partial charge in [0.15, 0.2) is 11.7 Å². The Morgan fingerprint density at radius 1 is 1.23 bits per heavy atom. The number of thiazole rings is 1. The van der Waals surface area contributed by atoms with E-state index in [0.29, 0.717) is 29.3 Å². The van der Waals surface area contributed by atoms with Gasteiger partial charge < -0.3 is 4.74 Å². The Morgan fingerprint density at radius 2 is 1.97 bits per heavy atom. The minimum Gasteiger partial charge on any atom is -0.455 e.